The van der Waals surface area contributed by atoms with E-state index in [0.29, 0.717) is 11.2 Å². The van der Waals surface area contributed by atoms with Crippen molar-refractivity contribution in [1.29, 1.82) is 0 Å². The van der Waals surface area contributed by atoms with Crippen LogP contribution in [0.1, 0.15) is 0 Å². The normalized spacial score (nSPS) is 10.7. The van der Waals surface area contributed by atoms with E-state index in [1.54, 1.807) is 23.0 Å². The third-order valence-electron chi connectivity index (χ3n) is 2.97. The molecule has 3 aromatic rings. The molecule has 0 saturated carbocycles. The lowest BCUT2D eigenvalue weighted by atomic mass is 10.1. The Morgan fingerprint density at radius 3 is 2.80 bits per heavy atom. The van der Waals surface area contributed by atoms with Crippen molar-refractivity contribution in [2.75, 3.05) is 5.32 Å². The Bertz CT molecular complexity index is 796. The smallest absolute Gasteiger partial charge is 0.278 e. The van der Waals surface area contributed by atoms with Gasteiger partial charge in [0, 0.05) is 48.8 Å². The molecule has 0 aliphatic heterocycles. The van der Waals surface area contributed by atoms with E-state index in [9.17, 15) is 10.1 Å². The van der Waals surface area contributed by atoms with E-state index in [1.165, 1.54) is 12.3 Å². The lowest BCUT2D eigenvalue weighted by Gasteiger charge is -2.07. The molecule has 0 radical (unpaired) electrons. The predicted octanol–water partition coefficient (Wildman–Crippen LogP) is 2.62. The molecule has 0 atom stereocenters. The predicted molar refractivity (Wildman–Crippen MR) is 74.9 cm³/mol. The van der Waals surface area contributed by atoms with Crippen LogP contribution in [0.25, 0.3) is 10.8 Å². The minimum absolute atomic E-state index is 0.0414. The molecule has 100 valence electrons. The first-order valence-electron chi connectivity index (χ1n) is 5.93. The standard InChI is InChI=1S/C13H11N5O2/c1-17-7-5-13(16-17)15-11-2-3-12(18(19)20)10-8-14-6-4-9(10)11/h2-8H,1H3,(H,15,16). The number of non-ortho nitro benzene ring substituents is 1. The van der Waals surface area contributed by atoms with Crippen LogP contribution in [0, 0.1) is 10.1 Å². The van der Waals surface area contributed by atoms with E-state index >= 15 is 0 Å². The molecular weight excluding hydrogens is 258 g/mol. The summed E-state index contributed by atoms with van der Waals surface area (Å²) in [4.78, 5) is 14.6. The SMILES string of the molecule is Cn1ccc(Nc2ccc([N+](=O)[O-])c3cnccc23)n1. The average Bonchev–Trinajstić information content (AvgIpc) is 2.84. The van der Waals surface area contributed by atoms with Crippen LogP contribution in [0.15, 0.2) is 42.9 Å². The monoisotopic (exact) mass is 269 g/mol. The number of nitro benzene ring substituents is 1. The summed E-state index contributed by atoms with van der Waals surface area (Å²) < 4.78 is 1.68. The number of aryl methyl sites for hydroxylation is 1. The highest BCUT2D eigenvalue weighted by molar-refractivity contribution is 6.00. The van der Waals surface area contributed by atoms with E-state index in [-0.39, 0.29) is 5.69 Å². The van der Waals surface area contributed by atoms with Crippen molar-refractivity contribution in [3.63, 3.8) is 0 Å². The summed E-state index contributed by atoms with van der Waals surface area (Å²) in [5.41, 5.74) is 0.798. The molecule has 0 aliphatic rings. The first kappa shape index (κ1) is 12.1. The van der Waals surface area contributed by atoms with Crippen molar-refractivity contribution in [2.24, 2.45) is 7.05 Å². The number of hydrogen-bond donors (Lipinski definition) is 1. The fraction of sp³-hybridized carbons (Fsp3) is 0.0769. The summed E-state index contributed by atoms with van der Waals surface area (Å²) in [6.07, 6.45) is 4.92. The first-order chi connectivity index (χ1) is 9.65. The Balaban J connectivity index is 2.12. The molecular formula is C13H11N5O2. The number of nitro groups is 1. The maximum absolute atomic E-state index is 11.0. The van der Waals surface area contributed by atoms with Crippen molar-refractivity contribution in [2.45, 2.75) is 0 Å². The third-order valence-corrected chi connectivity index (χ3v) is 2.97. The second-order valence-corrected chi connectivity index (χ2v) is 4.31. The number of nitrogens with one attached hydrogen (secondary N) is 1. The molecule has 2 heterocycles. The fourth-order valence-electron chi connectivity index (χ4n) is 2.06. The molecule has 20 heavy (non-hydrogen) atoms. The average molecular weight is 269 g/mol. The molecule has 7 heteroatoms. The van der Waals surface area contributed by atoms with Gasteiger partial charge in [0.25, 0.3) is 5.69 Å². The summed E-state index contributed by atoms with van der Waals surface area (Å²) in [7, 11) is 1.82. The Labute approximate surface area is 114 Å². The van der Waals surface area contributed by atoms with Gasteiger partial charge in [0.05, 0.1) is 10.3 Å². The molecule has 0 fully saturated rings. The van der Waals surface area contributed by atoms with E-state index in [2.05, 4.69) is 15.4 Å². The minimum atomic E-state index is -0.408. The van der Waals surface area contributed by atoms with Crippen LogP contribution in [-0.2, 0) is 7.05 Å². The van der Waals surface area contributed by atoms with Crippen molar-refractivity contribution < 1.29 is 4.92 Å². The first-order valence-corrected chi connectivity index (χ1v) is 5.93. The molecule has 0 bridgehead atoms. The fourth-order valence-corrected chi connectivity index (χ4v) is 2.06. The summed E-state index contributed by atoms with van der Waals surface area (Å²) in [5.74, 6) is 0.680. The highest BCUT2D eigenvalue weighted by Crippen LogP contribution is 2.31. The van der Waals surface area contributed by atoms with E-state index in [4.69, 9.17) is 0 Å². The number of benzene rings is 1. The Morgan fingerprint density at radius 2 is 2.10 bits per heavy atom. The highest BCUT2D eigenvalue weighted by Gasteiger charge is 2.14. The zero-order valence-electron chi connectivity index (χ0n) is 10.6. The van der Waals surface area contributed by atoms with Gasteiger partial charge in [-0.2, -0.15) is 5.10 Å². The number of pyridine rings is 1. The second kappa shape index (κ2) is 4.61. The third kappa shape index (κ3) is 2.05. The minimum Gasteiger partial charge on any atom is -0.338 e. The van der Waals surface area contributed by atoms with Crippen LogP contribution in [0.5, 0.6) is 0 Å². The summed E-state index contributed by atoms with van der Waals surface area (Å²) >= 11 is 0. The van der Waals surface area contributed by atoms with Crippen LogP contribution in [-0.4, -0.2) is 19.7 Å². The van der Waals surface area contributed by atoms with Gasteiger partial charge in [0.15, 0.2) is 5.82 Å². The number of rotatable bonds is 3. The molecule has 0 saturated heterocycles. The van der Waals surface area contributed by atoms with E-state index in [1.807, 2.05) is 19.3 Å². The van der Waals surface area contributed by atoms with Gasteiger partial charge in [0.1, 0.15) is 0 Å². The quantitative estimate of drug-likeness (QED) is 0.583. The van der Waals surface area contributed by atoms with Gasteiger partial charge in [-0.15, -0.1) is 0 Å². The largest absolute Gasteiger partial charge is 0.338 e. The topological polar surface area (TPSA) is 85.9 Å². The maximum Gasteiger partial charge on any atom is 0.278 e. The zero-order chi connectivity index (χ0) is 14.1. The number of nitrogens with zero attached hydrogens (tertiary/aromatic N) is 4. The van der Waals surface area contributed by atoms with Gasteiger partial charge >= 0.3 is 0 Å². The Kier molecular flexibility index (Phi) is 2.79. The molecule has 3 rings (SSSR count). The second-order valence-electron chi connectivity index (χ2n) is 4.31. The van der Waals surface area contributed by atoms with Crippen LogP contribution >= 0.6 is 0 Å². The van der Waals surface area contributed by atoms with Crippen LogP contribution in [0.3, 0.4) is 0 Å². The summed E-state index contributed by atoms with van der Waals surface area (Å²) in [6.45, 7) is 0. The van der Waals surface area contributed by atoms with Gasteiger partial charge in [-0.1, -0.05) is 0 Å². The molecule has 1 aromatic carbocycles. The lowest BCUT2D eigenvalue weighted by Crippen LogP contribution is -1.96. The van der Waals surface area contributed by atoms with Gasteiger partial charge < -0.3 is 5.32 Å². The van der Waals surface area contributed by atoms with Gasteiger partial charge in [-0.05, 0) is 12.1 Å². The van der Waals surface area contributed by atoms with Crippen molar-refractivity contribution in [3.05, 3.63) is 53.0 Å². The van der Waals surface area contributed by atoms with E-state index < -0.39 is 4.92 Å². The number of anilines is 2. The molecule has 7 nitrogen and oxygen atoms in total. The molecule has 1 N–H and O–H groups in total. The number of fused-ring (bicyclic) bond motifs is 1. The van der Waals surface area contributed by atoms with Crippen molar-refractivity contribution in [3.8, 4) is 0 Å². The molecule has 2 aromatic heterocycles. The molecule has 0 amide bonds. The Hall–Kier alpha value is -2.96. The summed E-state index contributed by atoms with van der Waals surface area (Å²) in [5, 5.41) is 19.6. The molecule has 0 aliphatic carbocycles. The van der Waals surface area contributed by atoms with Crippen LogP contribution in [0.2, 0.25) is 0 Å². The van der Waals surface area contributed by atoms with Crippen LogP contribution < -0.4 is 5.32 Å². The number of aromatic nitrogens is 3. The summed E-state index contributed by atoms with van der Waals surface area (Å²) in [6, 6.07) is 6.71. The van der Waals surface area contributed by atoms with E-state index in [0.717, 1.165) is 11.1 Å². The zero-order valence-corrected chi connectivity index (χ0v) is 10.6. The van der Waals surface area contributed by atoms with Crippen molar-refractivity contribution >= 4 is 28.0 Å². The van der Waals surface area contributed by atoms with Crippen molar-refractivity contribution in [1.82, 2.24) is 14.8 Å². The van der Waals surface area contributed by atoms with Gasteiger partial charge in [-0.25, -0.2) is 0 Å². The maximum atomic E-state index is 11.0. The van der Waals surface area contributed by atoms with Gasteiger partial charge in [0.2, 0.25) is 0 Å². The molecule has 0 spiro atoms. The number of hydrogen-bond acceptors (Lipinski definition) is 5. The van der Waals surface area contributed by atoms with Crippen LogP contribution in [0.4, 0.5) is 17.2 Å². The molecule has 0 unspecified atom stereocenters. The van der Waals surface area contributed by atoms with Gasteiger partial charge in [-0.3, -0.25) is 19.8 Å². The lowest BCUT2D eigenvalue weighted by molar-refractivity contribution is -0.383. The Morgan fingerprint density at radius 1 is 1.25 bits per heavy atom. The highest BCUT2D eigenvalue weighted by atomic mass is 16.6.